The number of nitrogens with zero attached hydrogens (tertiary/aromatic N) is 2. The minimum absolute atomic E-state index is 0.0713. The molecule has 1 heterocycles. The fraction of sp³-hybridized carbons (Fsp3) is 0.188. The lowest BCUT2D eigenvalue weighted by molar-refractivity contribution is -0.118. The summed E-state index contributed by atoms with van der Waals surface area (Å²) in [7, 11) is 0. The highest BCUT2D eigenvalue weighted by molar-refractivity contribution is 5.91. The molecule has 5 heteroatoms. The number of hydrogen-bond donors (Lipinski definition) is 2. The molecule has 0 atom stereocenters. The van der Waals surface area contributed by atoms with Gasteiger partial charge < -0.3 is 10.6 Å². The molecule has 106 valence electrons. The van der Waals surface area contributed by atoms with Crippen LogP contribution in [0.2, 0.25) is 0 Å². The summed E-state index contributed by atoms with van der Waals surface area (Å²) in [6.07, 6.45) is 1.62. The van der Waals surface area contributed by atoms with E-state index in [0.29, 0.717) is 11.4 Å². The lowest BCUT2D eigenvalue weighted by atomic mass is 10.2. The van der Waals surface area contributed by atoms with Gasteiger partial charge in [0.15, 0.2) is 0 Å². The Balaban J connectivity index is 2.09. The number of hydrogen-bond acceptors (Lipinski definition) is 4. The number of benzene rings is 1. The van der Waals surface area contributed by atoms with Crippen LogP contribution >= 0.6 is 0 Å². The van der Waals surface area contributed by atoms with E-state index >= 15 is 0 Å². The summed E-state index contributed by atoms with van der Waals surface area (Å²) in [5.41, 5.74) is 2.04. The summed E-state index contributed by atoms with van der Waals surface area (Å²) < 4.78 is 0. The maximum absolute atomic E-state index is 11.6. The second-order valence-electron chi connectivity index (χ2n) is 4.86. The molecule has 2 aromatic rings. The van der Waals surface area contributed by atoms with E-state index in [1.54, 1.807) is 24.4 Å². The largest absolute Gasteiger partial charge is 0.353 e. The highest BCUT2D eigenvalue weighted by Crippen LogP contribution is 2.20. The molecule has 0 radical (unpaired) electrons. The number of aromatic nitrogens is 1. The lowest BCUT2D eigenvalue weighted by Crippen LogP contribution is -2.18. The van der Waals surface area contributed by atoms with Gasteiger partial charge in [0.05, 0.1) is 23.1 Å². The second-order valence-corrected chi connectivity index (χ2v) is 4.86. The summed E-state index contributed by atoms with van der Waals surface area (Å²) >= 11 is 0. The summed E-state index contributed by atoms with van der Waals surface area (Å²) in [5, 5.41) is 14.9. The number of nitriles is 1. The van der Waals surface area contributed by atoms with E-state index in [9.17, 15) is 4.79 Å². The molecule has 0 aliphatic heterocycles. The normalized spacial score (nSPS) is 10.0. The van der Waals surface area contributed by atoms with Gasteiger partial charge in [-0.15, -0.1) is 0 Å². The first-order valence-corrected chi connectivity index (χ1v) is 6.63. The van der Waals surface area contributed by atoms with Gasteiger partial charge >= 0.3 is 0 Å². The van der Waals surface area contributed by atoms with Gasteiger partial charge in [0, 0.05) is 5.92 Å². The van der Waals surface area contributed by atoms with E-state index in [0.717, 1.165) is 11.4 Å². The molecular weight excluding hydrogens is 264 g/mol. The van der Waals surface area contributed by atoms with Gasteiger partial charge in [-0.2, -0.15) is 5.26 Å². The van der Waals surface area contributed by atoms with Crippen LogP contribution in [0.5, 0.6) is 0 Å². The highest BCUT2D eigenvalue weighted by Gasteiger charge is 2.08. The first-order valence-electron chi connectivity index (χ1n) is 6.63. The topological polar surface area (TPSA) is 77.8 Å². The smallest absolute Gasteiger partial charge is 0.228 e. The summed E-state index contributed by atoms with van der Waals surface area (Å²) in [4.78, 5) is 15.7. The average molecular weight is 280 g/mol. The summed E-state index contributed by atoms with van der Waals surface area (Å²) in [6.45, 7) is 3.65. The Kier molecular flexibility index (Phi) is 4.52. The number of rotatable bonds is 4. The van der Waals surface area contributed by atoms with Crippen molar-refractivity contribution in [1.29, 1.82) is 5.26 Å². The Morgan fingerprint density at radius 1 is 1.24 bits per heavy atom. The fourth-order valence-corrected chi connectivity index (χ4v) is 1.66. The van der Waals surface area contributed by atoms with Crippen molar-refractivity contribution in [2.75, 3.05) is 10.6 Å². The third-order valence-electron chi connectivity index (χ3n) is 2.87. The first-order chi connectivity index (χ1) is 10.1. The number of pyridine rings is 1. The van der Waals surface area contributed by atoms with Crippen LogP contribution in [0.1, 0.15) is 19.4 Å². The van der Waals surface area contributed by atoms with Crippen molar-refractivity contribution in [3.05, 3.63) is 48.2 Å². The molecule has 0 unspecified atom stereocenters. The molecular formula is C16H16N4O. The van der Waals surface area contributed by atoms with Crippen LogP contribution in [-0.4, -0.2) is 10.9 Å². The lowest BCUT2D eigenvalue weighted by Gasteiger charge is -2.10. The Bertz CT molecular complexity index is 671. The average Bonchev–Trinajstić information content (AvgIpc) is 2.49. The number of para-hydroxylation sites is 1. The van der Waals surface area contributed by atoms with Crippen LogP contribution in [0.25, 0.3) is 0 Å². The molecule has 2 N–H and O–H groups in total. The van der Waals surface area contributed by atoms with E-state index in [-0.39, 0.29) is 11.8 Å². The van der Waals surface area contributed by atoms with Crippen LogP contribution < -0.4 is 10.6 Å². The molecule has 5 nitrogen and oxygen atoms in total. The van der Waals surface area contributed by atoms with E-state index in [4.69, 9.17) is 5.26 Å². The number of nitrogens with one attached hydrogen (secondary N) is 2. The molecule has 1 amide bonds. The SMILES string of the molecule is CC(C)C(=O)Nc1ccc(Nc2ccccc2C#N)cn1. The monoisotopic (exact) mass is 280 g/mol. The Morgan fingerprint density at radius 2 is 2.00 bits per heavy atom. The number of anilines is 3. The van der Waals surface area contributed by atoms with Gasteiger partial charge in [0.25, 0.3) is 0 Å². The fourth-order valence-electron chi connectivity index (χ4n) is 1.66. The van der Waals surface area contributed by atoms with Gasteiger partial charge in [-0.1, -0.05) is 26.0 Å². The minimum atomic E-state index is -0.0906. The van der Waals surface area contributed by atoms with Gasteiger partial charge in [-0.3, -0.25) is 4.79 Å². The third-order valence-corrected chi connectivity index (χ3v) is 2.87. The predicted molar refractivity (Wildman–Crippen MR) is 82.1 cm³/mol. The van der Waals surface area contributed by atoms with E-state index in [2.05, 4.69) is 21.7 Å². The van der Waals surface area contributed by atoms with Crippen molar-refractivity contribution in [2.24, 2.45) is 5.92 Å². The van der Waals surface area contributed by atoms with Crippen LogP contribution in [0.3, 0.4) is 0 Å². The van der Waals surface area contributed by atoms with Crippen LogP contribution in [0.4, 0.5) is 17.2 Å². The molecule has 0 saturated heterocycles. The summed E-state index contributed by atoms with van der Waals surface area (Å²) in [5.74, 6) is 0.345. The molecule has 0 fully saturated rings. The molecule has 0 saturated carbocycles. The van der Waals surface area contributed by atoms with Crippen LogP contribution in [0.15, 0.2) is 42.6 Å². The Hall–Kier alpha value is -2.87. The minimum Gasteiger partial charge on any atom is -0.353 e. The zero-order valence-electron chi connectivity index (χ0n) is 11.9. The number of carbonyl (C=O) groups excluding carboxylic acids is 1. The van der Waals surface area contributed by atoms with E-state index < -0.39 is 0 Å². The maximum Gasteiger partial charge on any atom is 0.228 e. The number of carbonyl (C=O) groups is 1. The van der Waals surface area contributed by atoms with Gasteiger partial charge in [0.2, 0.25) is 5.91 Å². The highest BCUT2D eigenvalue weighted by atomic mass is 16.1. The molecule has 0 aliphatic carbocycles. The zero-order chi connectivity index (χ0) is 15.2. The van der Waals surface area contributed by atoms with Crippen molar-refractivity contribution in [3.63, 3.8) is 0 Å². The molecule has 0 bridgehead atoms. The zero-order valence-corrected chi connectivity index (χ0v) is 11.9. The molecule has 1 aromatic heterocycles. The van der Waals surface area contributed by atoms with Crippen molar-refractivity contribution in [2.45, 2.75) is 13.8 Å². The van der Waals surface area contributed by atoms with Crippen molar-refractivity contribution < 1.29 is 4.79 Å². The van der Waals surface area contributed by atoms with Crippen LogP contribution in [0, 0.1) is 17.2 Å². The Morgan fingerprint density at radius 3 is 2.62 bits per heavy atom. The molecule has 2 rings (SSSR count). The summed E-state index contributed by atoms with van der Waals surface area (Å²) in [6, 6.07) is 12.9. The van der Waals surface area contributed by atoms with Gasteiger partial charge in [-0.05, 0) is 24.3 Å². The van der Waals surface area contributed by atoms with Crippen molar-refractivity contribution in [1.82, 2.24) is 4.98 Å². The van der Waals surface area contributed by atoms with E-state index in [1.165, 1.54) is 0 Å². The first kappa shape index (κ1) is 14.5. The molecule has 1 aromatic carbocycles. The predicted octanol–water partition coefficient (Wildman–Crippen LogP) is 3.29. The Labute approximate surface area is 123 Å². The third kappa shape index (κ3) is 3.80. The standard InChI is InChI=1S/C16H16N4O/c1-11(2)16(21)20-15-8-7-13(10-18-15)19-14-6-4-3-5-12(14)9-17/h3-8,10-11,19H,1-2H3,(H,18,20,21). The quantitative estimate of drug-likeness (QED) is 0.900. The molecule has 0 aliphatic rings. The maximum atomic E-state index is 11.6. The van der Waals surface area contributed by atoms with Crippen molar-refractivity contribution >= 4 is 23.1 Å². The van der Waals surface area contributed by atoms with Crippen molar-refractivity contribution in [3.8, 4) is 6.07 Å². The molecule has 21 heavy (non-hydrogen) atoms. The van der Waals surface area contributed by atoms with Gasteiger partial charge in [0.1, 0.15) is 11.9 Å². The van der Waals surface area contributed by atoms with Crippen LogP contribution in [-0.2, 0) is 4.79 Å². The number of amides is 1. The second kappa shape index (κ2) is 6.53. The van der Waals surface area contributed by atoms with E-state index in [1.807, 2.05) is 32.0 Å². The van der Waals surface area contributed by atoms with Gasteiger partial charge in [-0.25, -0.2) is 4.98 Å². The molecule has 0 spiro atoms.